The van der Waals surface area contributed by atoms with Crippen LogP contribution in [-0.4, -0.2) is 36.7 Å². The number of benzene rings is 1. The first-order valence-electron chi connectivity index (χ1n) is 7.97. The summed E-state index contributed by atoms with van der Waals surface area (Å²) >= 11 is 0. The topological polar surface area (TPSA) is 27.7 Å². The highest BCUT2D eigenvalue weighted by atomic mass is 28.4. The van der Waals surface area contributed by atoms with Gasteiger partial charge < -0.3 is 13.3 Å². The molecule has 0 atom stereocenters. The highest BCUT2D eigenvalue weighted by molar-refractivity contribution is 6.83. The minimum Gasteiger partial charge on any atom is -0.418 e. The molecule has 0 fully saturated rings. The summed E-state index contributed by atoms with van der Waals surface area (Å²) in [5.74, 6) is 0. The van der Waals surface area contributed by atoms with Crippen molar-refractivity contribution in [3.8, 4) is 0 Å². The molecular weight excluding hydrogens is 296 g/mol. The molecule has 1 rings (SSSR count). The summed E-state index contributed by atoms with van der Waals surface area (Å²) < 4.78 is 18.4. The van der Waals surface area contributed by atoms with Gasteiger partial charge in [0.1, 0.15) is 0 Å². The maximum absolute atomic E-state index is 6.21. The molecule has 1 aromatic carbocycles. The van der Waals surface area contributed by atoms with Crippen LogP contribution in [0.3, 0.4) is 0 Å². The molecule has 0 amide bonds. The Balaban J connectivity index is 2.96. The van der Waals surface area contributed by atoms with Crippen LogP contribution in [0.4, 0.5) is 0 Å². The summed E-state index contributed by atoms with van der Waals surface area (Å²) in [7, 11) is -3.99. The third-order valence-corrected chi connectivity index (χ3v) is 10.2. The van der Waals surface area contributed by atoms with Crippen molar-refractivity contribution in [1.29, 1.82) is 0 Å². The lowest BCUT2D eigenvalue weighted by Gasteiger charge is -2.33. The van der Waals surface area contributed by atoms with Gasteiger partial charge >= 0.3 is 8.56 Å². The Labute approximate surface area is 132 Å². The van der Waals surface area contributed by atoms with E-state index in [0.717, 1.165) is 18.7 Å². The SMILES string of the molecule is CCO[Si](C)(C)CC[Si](OCC)(OCC)c1ccccc1. The fourth-order valence-electron chi connectivity index (χ4n) is 2.58. The van der Waals surface area contributed by atoms with Crippen molar-refractivity contribution in [2.75, 3.05) is 19.8 Å². The van der Waals surface area contributed by atoms with Gasteiger partial charge in [0, 0.05) is 19.8 Å². The van der Waals surface area contributed by atoms with E-state index >= 15 is 0 Å². The van der Waals surface area contributed by atoms with Crippen LogP contribution < -0.4 is 5.19 Å². The molecule has 0 N–H and O–H groups in total. The van der Waals surface area contributed by atoms with E-state index in [9.17, 15) is 0 Å². The minimum absolute atomic E-state index is 0.692. The lowest BCUT2D eigenvalue weighted by atomic mass is 10.4. The Bertz CT molecular complexity index is 390. The highest BCUT2D eigenvalue weighted by Gasteiger charge is 2.41. The number of hydrogen-bond donors (Lipinski definition) is 0. The Morgan fingerprint density at radius 2 is 1.29 bits per heavy atom. The van der Waals surface area contributed by atoms with Gasteiger partial charge in [-0.2, -0.15) is 0 Å². The maximum Gasteiger partial charge on any atom is 0.372 e. The molecule has 0 radical (unpaired) electrons. The molecule has 120 valence electrons. The van der Waals surface area contributed by atoms with E-state index in [1.165, 1.54) is 5.19 Å². The monoisotopic (exact) mass is 326 g/mol. The van der Waals surface area contributed by atoms with E-state index in [-0.39, 0.29) is 0 Å². The van der Waals surface area contributed by atoms with Gasteiger partial charge in [-0.05, 0) is 51.1 Å². The molecule has 0 bridgehead atoms. The minimum atomic E-state index is -2.36. The van der Waals surface area contributed by atoms with Crippen molar-refractivity contribution in [2.45, 2.75) is 46.0 Å². The first kappa shape index (κ1) is 18.6. The summed E-state index contributed by atoms with van der Waals surface area (Å²) in [6, 6.07) is 12.5. The number of rotatable bonds is 10. The quantitative estimate of drug-likeness (QED) is 0.614. The predicted molar refractivity (Wildman–Crippen MR) is 93.8 cm³/mol. The Morgan fingerprint density at radius 3 is 1.76 bits per heavy atom. The number of hydrogen-bond acceptors (Lipinski definition) is 3. The zero-order valence-electron chi connectivity index (χ0n) is 14.1. The van der Waals surface area contributed by atoms with Crippen molar-refractivity contribution in [2.24, 2.45) is 0 Å². The van der Waals surface area contributed by atoms with Gasteiger partial charge in [0.15, 0.2) is 8.32 Å². The van der Waals surface area contributed by atoms with Crippen molar-refractivity contribution in [3.63, 3.8) is 0 Å². The van der Waals surface area contributed by atoms with Crippen LogP contribution in [0.25, 0.3) is 0 Å². The van der Waals surface area contributed by atoms with E-state index in [1.54, 1.807) is 0 Å². The van der Waals surface area contributed by atoms with Crippen molar-refractivity contribution in [3.05, 3.63) is 30.3 Å². The molecule has 1 aromatic rings. The lowest BCUT2D eigenvalue weighted by Crippen LogP contribution is -2.55. The predicted octanol–water partition coefficient (Wildman–Crippen LogP) is 3.65. The van der Waals surface area contributed by atoms with Crippen LogP contribution in [0, 0.1) is 0 Å². The summed E-state index contributed by atoms with van der Waals surface area (Å²) in [6.45, 7) is 12.9. The zero-order chi connectivity index (χ0) is 15.8. The summed E-state index contributed by atoms with van der Waals surface area (Å²) in [4.78, 5) is 0. The molecular formula is C16H30O3Si2. The third-order valence-electron chi connectivity index (χ3n) is 3.56. The molecule has 5 heteroatoms. The largest absolute Gasteiger partial charge is 0.418 e. The maximum atomic E-state index is 6.21. The molecule has 3 nitrogen and oxygen atoms in total. The molecule has 21 heavy (non-hydrogen) atoms. The van der Waals surface area contributed by atoms with Crippen LogP contribution >= 0.6 is 0 Å². The summed E-state index contributed by atoms with van der Waals surface area (Å²) in [6.07, 6.45) is 0. The van der Waals surface area contributed by atoms with E-state index in [1.807, 2.05) is 6.07 Å². The van der Waals surface area contributed by atoms with Gasteiger partial charge in [-0.1, -0.05) is 30.3 Å². The van der Waals surface area contributed by atoms with E-state index in [2.05, 4.69) is 58.1 Å². The molecule has 0 aromatic heterocycles. The first-order valence-corrected chi connectivity index (χ1v) is 13.1. The second-order valence-electron chi connectivity index (χ2n) is 5.68. The van der Waals surface area contributed by atoms with Gasteiger partial charge in [-0.15, -0.1) is 0 Å². The molecule has 0 spiro atoms. The van der Waals surface area contributed by atoms with E-state index in [0.29, 0.717) is 13.2 Å². The molecule has 0 saturated heterocycles. The highest BCUT2D eigenvalue weighted by Crippen LogP contribution is 2.23. The Kier molecular flexibility index (Phi) is 7.83. The van der Waals surface area contributed by atoms with Gasteiger partial charge in [0.2, 0.25) is 0 Å². The van der Waals surface area contributed by atoms with Crippen LogP contribution in [0.5, 0.6) is 0 Å². The van der Waals surface area contributed by atoms with E-state index < -0.39 is 16.9 Å². The van der Waals surface area contributed by atoms with Crippen LogP contribution in [0.1, 0.15) is 20.8 Å². The molecule has 0 saturated carbocycles. The van der Waals surface area contributed by atoms with Crippen molar-refractivity contribution >= 4 is 22.1 Å². The van der Waals surface area contributed by atoms with Gasteiger partial charge in [-0.25, -0.2) is 0 Å². The van der Waals surface area contributed by atoms with Gasteiger partial charge in [0.25, 0.3) is 0 Å². The lowest BCUT2D eigenvalue weighted by molar-refractivity contribution is 0.196. The first-order chi connectivity index (χ1) is 9.99. The van der Waals surface area contributed by atoms with Crippen molar-refractivity contribution < 1.29 is 13.3 Å². The fraction of sp³-hybridized carbons (Fsp3) is 0.625. The summed E-state index contributed by atoms with van der Waals surface area (Å²) in [5.41, 5.74) is 0. The van der Waals surface area contributed by atoms with Gasteiger partial charge in [-0.3, -0.25) is 0 Å². The molecule has 0 aliphatic carbocycles. The average molecular weight is 327 g/mol. The second-order valence-corrected chi connectivity index (χ2v) is 13.1. The Hall–Kier alpha value is -0.466. The standard InChI is InChI=1S/C16H30O3Si2/c1-6-17-20(4,5)14-15-21(18-7-2,19-8-3)16-12-10-9-11-13-16/h9-13H,6-8,14-15H2,1-5H3. The normalized spacial score (nSPS) is 12.6. The molecule has 0 aliphatic rings. The van der Waals surface area contributed by atoms with E-state index in [4.69, 9.17) is 13.3 Å². The van der Waals surface area contributed by atoms with Crippen LogP contribution in [-0.2, 0) is 13.3 Å². The van der Waals surface area contributed by atoms with Crippen LogP contribution in [0.2, 0.25) is 25.2 Å². The Morgan fingerprint density at radius 1 is 0.762 bits per heavy atom. The van der Waals surface area contributed by atoms with Gasteiger partial charge in [0.05, 0.1) is 0 Å². The second kappa shape index (κ2) is 8.85. The fourth-order valence-corrected chi connectivity index (χ4v) is 9.86. The molecule has 0 heterocycles. The average Bonchev–Trinajstić information content (AvgIpc) is 2.46. The third kappa shape index (κ3) is 5.67. The van der Waals surface area contributed by atoms with Crippen LogP contribution in [0.15, 0.2) is 30.3 Å². The zero-order valence-corrected chi connectivity index (χ0v) is 16.1. The molecule has 0 aliphatic heterocycles. The summed E-state index contributed by atoms with van der Waals surface area (Å²) in [5, 5.41) is 1.23. The smallest absolute Gasteiger partial charge is 0.372 e. The van der Waals surface area contributed by atoms with Crippen molar-refractivity contribution in [1.82, 2.24) is 0 Å². The molecule has 0 unspecified atom stereocenters.